The molecule has 0 radical (unpaired) electrons. The third-order valence-corrected chi connectivity index (χ3v) is 3.19. The second kappa shape index (κ2) is 4.92. The fraction of sp³-hybridized carbons (Fsp3) is 0.500. The Balaban J connectivity index is 2.38. The Hall–Kier alpha value is -1.03. The zero-order valence-electron chi connectivity index (χ0n) is 11.0. The molecule has 98 valence electrons. The molecule has 1 aliphatic heterocycles. The van der Waals surface area contributed by atoms with Gasteiger partial charge >= 0.3 is 5.97 Å². The van der Waals surface area contributed by atoms with Crippen LogP contribution in [-0.4, -0.2) is 18.1 Å². The highest BCUT2D eigenvalue weighted by molar-refractivity contribution is 9.10. The van der Waals surface area contributed by atoms with E-state index in [1.54, 1.807) is 0 Å². The highest BCUT2D eigenvalue weighted by Crippen LogP contribution is 2.31. The van der Waals surface area contributed by atoms with E-state index in [9.17, 15) is 4.79 Å². The van der Waals surface area contributed by atoms with E-state index in [-0.39, 0.29) is 5.97 Å². The van der Waals surface area contributed by atoms with Gasteiger partial charge < -0.3 is 10.1 Å². The van der Waals surface area contributed by atoms with Crippen molar-refractivity contribution < 1.29 is 9.53 Å². The van der Waals surface area contributed by atoms with Crippen molar-refractivity contribution >= 4 is 27.6 Å². The number of halogens is 1. The van der Waals surface area contributed by atoms with Gasteiger partial charge in [-0.15, -0.1) is 0 Å². The largest absolute Gasteiger partial charge is 0.456 e. The van der Waals surface area contributed by atoms with Crippen LogP contribution in [0.5, 0.6) is 0 Å². The Kier molecular flexibility index (Phi) is 3.66. The van der Waals surface area contributed by atoms with Crippen LogP contribution in [-0.2, 0) is 11.2 Å². The minimum atomic E-state index is -0.471. The van der Waals surface area contributed by atoms with Gasteiger partial charge in [-0.3, -0.25) is 0 Å². The number of rotatable bonds is 1. The number of hydrogen-bond donors (Lipinski definition) is 1. The van der Waals surface area contributed by atoms with Crippen LogP contribution in [0.25, 0.3) is 0 Å². The molecule has 0 saturated carbocycles. The topological polar surface area (TPSA) is 38.3 Å². The lowest BCUT2D eigenvalue weighted by molar-refractivity contribution is 0.00704. The predicted molar refractivity (Wildman–Crippen MR) is 76.1 cm³/mol. The van der Waals surface area contributed by atoms with E-state index >= 15 is 0 Å². The summed E-state index contributed by atoms with van der Waals surface area (Å²) in [5.41, 5.74) is 2.25. The minimum Gasteiger partial charge on any atom is -0.456 e. The molecule has 0 aliphatic carbocycles. The molecule has 0 bridgehead atoms. The molecule has 4 heteroatoms. The average Bonchev–Trinajstić information content (AvgIpc) is 2.25. The Labute approximate surface area is 116 Å². The maximum absolute atomic E-state index is 12.2. The van der Waals surface area contributed by atoms with Gasteiger partial charge in [-0.1, -0.05) is 15.9 Å². The predicted octanol–water partition coefficient (Wildman–Crippen LogP) is 3.76. The summed E-state index contributed by atoms with van der Waals surface area (Å²) in [6.45, 7) is 6.54. The molecule has 2 rings (SSSR count). The van der Waals surface area contributed by atoms with Crippen LogP contribution in [0, 0.1) is 0 Å². The first-order valence-corrected chi connectivity index (χ1v) is 6.96. The zero-order valence-corrected chi connectivity index (χ0v) is 12.6. The number of carbonyl (C=O) groups is 1. The van der Waals surface area contributed by atoms with Gasteiger partial charge in [0.25, 0.3) is 0 Å². The molecule has 0 unspecified atom stereocenters. The lowest BCUT2D eigenvalue weighted by atomic mass is 9.99. The number of hydrogen-bond acceptors (Lipinski definition) is 3. The quantitative estimate of drug-likeness (QED) is 0.802. The zero-order chi connectivity index (χ0) is 13.3. The second-order valence-corrected chi connectivity index (χ2v) is 6.44. The normalized spacial score (nSPS) is 14.7. The Morgan fingerprint density at radius 2 is 2.11 bits per heavy atom. The summed E-state index contributed by atoms with van der Waals surface area (Å²) in [5, 5.41) is 3.30. The van der Waals surface area contributed by atoms with Gasteiger partial charge in [-0.05, 0) is 51.3 Å². The van der Waals surface area contributed by atoms with Gasteiger partial charge in [-0.25, -0.2) is 4.79 Å². The first kappa shape index (κ1) is 13.4. The lowest BCUT2D eigenvalue weighted by Gasteiger charge is -2.24. The van der Waals surface area contributed by atoms with E-state index in [0.717, 1.165) is 29.5 Å². The maximum atomic E-state index is 12.2. The van der Waals surface area contributed by atoms with E-state index < -0.39 is 5.60 Å². The summed E-state index contributed by atoms with van der Waals surface area (Å²) >= 11 is 3.45. The monoisotopic (exact) mass is 311 g/mol. The van der Waals surface area contributed by atoms with Crippen molar-refractivity contribution in [3.05, 3.63) is 27.7 Å². The van der Waals surface area contributed by atoms with E-state index in [1.165, 1.54) is 5.56 Å². The average molecular weight is 312 g/mol. The highest BCUT2D eigenvalue weighted by Gasteiger charge is 2.23. The number of benzene rings is 1. The van der Waals surface area contributed by atoms with Crippen LogP contribution >= 0.6 is 15.9 Å². The van der Waals surface area contributed by atoms with Crippen LogP contribution in [0.1, 0.15) is 43.1 Å². The van der Waals surface area contributed by atoms with Crippen molar-refractivity contribution in [2.75, 3.05) is 11.9 Å². The fourth-order valence-corrected chi connectivity index (χ4v) is 2.56. The van der Waals surface area contributed by atoms with Crippen molar-refractivity contribution in [2.45, 2.75) is 39.2 Å². The van der Waals surface area contributed by atoms with E-state index in [4.69, 9.17) is 4.74 Å². The molecule has 3 nitrogen and oxygen atoms in total. The van der Waals surface area contributed by atoms with Gasteiger partial charge in [0.15, 0.2) is 0 Å². The third-order valence-electron chi connectivity index (χ3n) is 2.73. The Bertz CT molecular complexity index is 477. The highest BCUT2D eigenvalue weighted by atomic mass is 79.9. The number of anilines is 1. The van der Waals surface area contributed by atoms with Gasteiger partial charge in [-0.2, -0.15) is 0 Å². The van der Waals surface area contributed by atoms with Gasteiger partial charge in [0.2, 0.25) is 0 Å². The number of esters is 1. The summed E-state index contributed by atoms with van der Waals surface area (Å²) in [7, 11) is 0. The molecule has 0 spiro atoms. The standard InChI is InChI=1S/C14H18BrNO2/c1-14(2,3)18-13(17)11-8-10(15)7-9-5-4-6-16-12(9)11/h7-8,16H,4-6H2,1-3H3. The summed E-state index contributed by atoms with van der Waals surface area (Å²) in [5.74, 6) is -0.269. The van der Waals surface area contributed by atoms with Gasteiger partial charge in [0.05, 0.1) is 11.3 Å². The van der Waals surface area contributed by atoms with Crippen LogP contribution in [0.15, 0.2) is 16.6 Å². The summed E-state index contributed by atoms with van der Waals surface area (Å²) in [6.07, 6.45) is 2.09. The first-order valence-electron chi connectivity index (χ1n) is 6.16. The molecule has 18 heavy (non-hydrogen) atoms. The maximum Gasteiger partial charge on any atom is 0.340 e. The lowest BCUT2D eigenvalue weighted by Crippen LogP contribution is -2.25. The third kappa shape index (κ3) is 3.05. The van der Waals surface area contributed by atoms with E-state index in [2.05, 4.69) is 27.3 Å². The molecular formula is C14H18BrNO2. The molecule has 0 atom stereocenters. The van der Waals surface area contributed by atoms with Gasteiger partial charge in [0.1, 0.15) is 5.60 Å². The van der Waals surface area contributed by atoms with Crippen LogP contribution < -0.4 is 5.32 Å². The molecule has 0 aromatic heterocycles. The van der Waals surface area contributed by atoms with Crippen LogP contribution in [0.2, 0.25) is 0 Å². The SMILES string of the molecule is CC(C)(C)OC(=O)c1cc(Br)cc2c1NCCC2. The molecule has 0 saturated heterocycles. The first-order chi connectivity index (χ1) is 8.37. The summed E-state index contributed by atoms with van der Waals surface area (Å²) in [4.78, 5) is 12.2. The van der Waals surface area contributed by atoms with Crippen molar-refractivity contribution in [1.82, 2.24) is 0 Å². The molecule has 1 aromatic rings. The Morgan fingerprint density at radius 3 is 2.78 bits per heavy atom. The number of aryl methyl sites for hydroxylation is 1. The second-order valence-electron chi connectivity index (χ2n) is 5.52. The molecule has 0 amide bonds. The number of fused-ring (bicyclic) bond motifs is 1. The number of carbonyl (C=O) groups excluding carboxylic acids is 1. The summed E-state index contributed by atoms with van der Waals surface area (Å²) < 4.78 is 6.37. The van der Waals surface area contributed by atoms with Crippen molar-refractivity contribution in [3.8, 4) is 0 Å². The van der Waals surface area contributed by atoms with E-state index in [0.29, 0.717) is 5.56 Å². The Morgan fingerprint density at radius 1 is 1.39 bits per heavy atom. The molecule has 1 N–H and O–H groups in total. The molecule has 1 aliphatic rings. The smallest absolute Gasteiger partial charge is 0.340 e. The summed E-state index contributed by atoms with van der Waals surface area (Å²) in [6, 6.07) is 3.89. The number of ether oxygens (including phenoxy) is 1. The molecule has 0 fully saturated rings. The molecular weight excluding hydrogens is 294 g/mol. The van der Waals surface area contributed by atoms with Crippen molar-refractivity contribution in [1.29, 1.82) is 0 Å². The van der Waals surface area contributed by atoms with Gasteiger partial charge in [0, 0.05) is 11.0 Å². The fourth-order valence-electron chi connectivity index (χ4n) is 2.06. The van der Waals surface area contributed by atoms with Crippen LogP contribution in [0.4, 0.5) is 5.69 Å². The number of nitrogens with one attached hydrogen (secondary N) is 1. The minimum absolute atomic E-state index is 0.269. The molecule has 1 aromatic carbocycles. The van der Waals surface area contributed by atoms with Crippen LogP contribution in [0.3, 0.4) is 0 Å². The van der Waals surface area contributed by atoms with E-state index in [1.807, 2.05) is 26.8 Å². The van der Waals surface area contributed by atoms with Crippen molar-refractivity contribution in [2.24, 2.45) is 0 Å². The van der Waals surface area contributed by atoms with Crippen molar-refractivity contribution in [3.63, 3.8) is 0 Å². The molecule has 1 heterocycles.